The Kier molecular flexibility index (Phi) is 9.46. The van der Waals surface area contributed by atoms with Gasteiger partial charge in [-0.25, -0.2) is 4.79 Å². The van der Waals surface area contributed by atoms with Gasteiger partial charge in [-0.1, -0.05) is 61.9 Å². The van der Waals surface area contributed by atoms with E-state index in [0.29, 0.717) is 52.0 Å². The largest absolute Gasteiger partial charge is 0.462 e. The minimum absolute atomic E-state index is 0.0360. The molecule has 238 valence electrons. The number of hydrogen-bond acceptors (Lipinski definition) is 6. The number of likely N-dealkylation sites (tertiary alicyclic amines) is 1. The highest BCUT2D eigenvalue weighted by Gasteiger charge is 2.44. The predicted molar refractivity (Wildman–Crippen MR) is 162 cm³/mol. The summed E-state index contributed by atoms with van der Waals surface area (Å²) in [6.45, 7) is 8.62. The molecule has 8 nitrogen and oxygen atoms in total. The van der Waals surface area contributed by atoms with Crippen LogP contribution in [0.25, 0.3) is 5.57 Å². The van der Waals surface area contributed by atoms with Crippen molar-refractivity contribution in [1.82, 2.24) is 24.5 Å². The second kappa shape index (κ2) is 13.0. The number of piperidine rings is 1. The lowest BCUT2D eigenvalue weighted by molar-refractivity contribution is -0.146. The SMILES string of the molecule is CCOC(=O)c1cnn(C2CCCN(C3=C(c4ccccc4)C=CC(Cl)(N4CCN(C(=O)C(C)C)CC4)C3)C2)c1C(F)(F)F. The van der Waals surface area contributed by atoms with Crippen LogP contribution in [0, 0.1) is 5.92 Å². The molecule has 0 N–H and O–H groups in total. The Morgan fingerprint density at radius 2 is 1.82 bits per heavy atom. The van der Waals surface area contributed by atoms with Crippen LogP contribution in [0.15, 0.2) is 54.4 Å². The van der Waals surface area contributed by atoms with Gasteiger partial charge in [-0.15, -0.1) is 0 Å². The first-order valence-electron chi connectivity index (χ1n) is 15.2. The monoisotopic (exact) mass is 633 g/mol. The van der Waals surface area contributed by atoms with E-state index >= 15 is 0 Å². The van der Waals surface area contributed by atoms with Crippen molar-refractivity contribution in [3.63, 3.8) is 0 Å². The van der Waals surface area contributed by atoms with Gasteiger partial charge in [-0.2, -0.15) is 18.3 Å². The lowest BCUT2D eigenvalue weighted by Gasteiger charge is -2.47. The molecule has 0 bridgehead atoms. The molecule has 1 aromatic heterocycles. The summed E-state index contributed by atoms with van der Waals surface area (Å²) in [6, 6.07) is 9.26. The fraction of sp³-hybridized carbons (Fsp3) is 0.531. The van der Waals surface area contributed by atoms with Gasteiger partial charge in [0.05, 0.1) is 18.8 Å². The molecule has 1 aliphatic carbocycles. The predicted octanol–water partition coefficient (Wildman–Crippen LogP) is 5.82. The molecule has 0 spiro atoms. The van der Waals surface area contributed by atoms with Gasteiger partial charge < -0.3 is 14.5 Å². The van der Waals surface area contributed by atoms with Crippen LogP contribution in [0.4, 0.5) is 13.2 Å². The first-order chi connectivity index (χ1) is 20.9. The third kappa shape index (κ3) is 6.54. The van der Waals surface area contributed by atoms with Crippen molar-refractivity contribution in [3.05, 3.63) is 71.2 Å². The van der Waals surface area contributed by atoms with E-state index in [1.807, 2.05) is 61.2 Å². The number of benzene rings is 1. The summed E-state index contributed by atoms with van der Waals surface area (Å²) in [6.07, 6.45) is 1.76. The lowest BCUT2D eigenvalue weighted by Crippen LogP contribution is -2.56. The maximum absolute atomic E-state index is 14.3. The van der Waals surface area contributed by atoms with E-state index in [1.165, 1.54) is 0 Å². The first kappa shape index (κ1) is 32.1. The molecule has 2 saturated heterocycles. The van der Waals surface area contributed by atoms with Crippen molar-refractivity contribution < 1.29 is 27.5 Å². The van der Waals surface area contributed by atoms with Crippen LogP contribution in [0.1, 0.15) is 67.7 Å². The maximum atomic E-state index is 14.3. The Hall–Kier alpha value is -3.31. The van der Waals surface area contributed by atoms with Crippen LogP contribution in [0.3, 0.4) is 0 Å². The molecule has 0 radical (unpaired) electrons. The molecule has 2 aromatic rings. The highest BCUT2D eigenvalue weighted by molar-refractivity contribution is 6.25. The van der Waals surface area contributed by atoms with Crippen molar-refractivity contribution >= 4 is 29.1 Å². The number of alkyl halides is 4. The molecule has 2 atom stereocenters. The third-order valence-electron chi connectivity index (χ3n) is 8.61. The van der Waals surface area contributed by atoms with E-state index in [4.69, 9.17) is 16.3 Å². The fourth-order valence-corrected chi connectivity index (χ4v) is 6.78. The zero-order chi connectivity index (χ0) is 31.6. The van der Waals surface area contributed by atoms with Gasteiger partial charge >= 0.3 is 12.1 Å². The van der Waals surface area contributed by atoms with Gasteiger partial charge in [0.2, 0.25) is 5.91 Å². The van der Waals surface area contributed by atoms with E-state index in [0.717, 1.165) is 27.7 Å². The highest BCUT2D eigenvalue weighted by Crippen LogP contribution is 2.43. The van der Waals surface area contributed by atoms with Gasteiger partial charge in [0.1, 0.15) is 10.6 Å². The van der Waals surface area contributed by atoms with Crippen molar-refractivity contribution in [2.45, 2.75) is 57.2 Å². The average molecular weight is 634 g/mol. The quantitative estimate of drug-likeness (QED) is 0.217. The molecule has 3 heterocycles. The number of carbonyl (C=O) groups excluding carboxylic acids is 2. The van der Waals surface area contributed by atoms with E-state index < -0.39 is 34.4 Å². The van der Waals surface area contributed by atoms with E-state index in [-0.39, 0.29) is 25.0 Å². The molecule has 2 fully saturated rings. The standard InChI is InChI=1S/C32H39ClF3N5O3/c1-4-44-30(43)26-20-37-41(28(26)32(34,35)36)24-11-8-14-39(21-24)27-19-31(33,13-12-25(27)23-9-6-5-7-10-23)40-17-15-38(16-18-40)29(42)22(2)3/h5-7,9-10,12-13,20,22,24H,4,8,11,14-19,21H2,1-3H3. The number of esters is 1. The van der Waals surface area contributed by atoms with Crippen molar-refractivity contribution in [1.29, 1.82) is 0 Å². The molecule has 1 aromatic carbocycles. The summed E-state index contributed by atoms with van der Waals surface area (Å²) in [4.78, 5) is 30.3. The molecule has 12 heteroatoms. The van der Waals surface area contributed by atoms with Crippen LogP contribution in [0.5, 0.6) is 0 Å². The van der Waals surface area contributed by atoms with Crippen molar-refractivity contribution in [3.8, 4) is 0 Å². The Labute approximate surface area is 261 Å². The number of ether oxygens (including phenoxy) is 1. The summed E-state index contributed by atoms with van der Waals surface area (Å²) >= 11 is 7.37. The Balaban J connectivity index is 1.44. The number of hydrogen-bond donors (Lipinski definition) is 0. The van der Waals surface area contributed by atoms with E-state index in [9.17, 15) is 22.8 Å². The van der Waals surface area contributed by atoms with Crippen LogP contribution >= 0.6 is 11.6 Å². The number of halogens is 4. The minimum atomic E-state index is -4.78. The molecular weight excluding hydrogens is 595 g/mol. The maximum Gasteiger partial charge on any atom is 0.433 e. The second-order valence-corrected chi connectivity index (χ2v) is 12.5. The van der Waals surface area contributed by atoms with E-state index in [1.54, 1.807) is 6.92 Å². The molecule has 5 rings (SSSR count). The van der Waals surface area contributed by atoms with Crippen molar-refractivity contribution in [2.75, 3.05) is 45.9 Å². The molecule has 1 amide bonds. The van der Waals surface area contributed by atoms with Gasteiger partial charge in [-0.3, -0.25) is 14.4 Å². The first-order valence-corrected chi connectivity index (χ1v) is 15.6. The summed E-state index contributed by atoms with van der Waals surface area (Å²) in [5.74, 6) is -0.980. The highest BCUT2D eigenvalue weighted by atomic mass is 35.5. The normalized spacial score (nSPS) is 23.4. The lowest BCUT2D eigenvalue weighted by atomic mass is 9.90. The number of carbonyl (C=O) groups is 2. The summed E-state index contributed by atoms with van der Waals surface area (Å²) in [5, 5.41) is 4.07. The number of allylic oxidation sites excluding steroid dienone is 2. The molecule has 2 aliphatic heterocycles. The Morgan fingerprint density at radius 3 is 2.45 bits per heavy atom. The molecule has 0 saturated carbocycles. The minimum Gasteiger partial charge on any atom is -0.462 e. The van der Waals surface area contributed by atoms with Crippen LogP contribution in [-0.2, 0) is 15.7 Å². The van der Waals surface area contributed by atoms with Crippen LogP contribution in [-0.4, -0.2) is 87.2 Å². The van der Waals surface area contributed by atoms with Gasteiger partial charge in [0.15, 0.2) is 5.69 Å². The summed E-state index contributed by atoms with van der Waals surface area (Å²) in [5.41, 5.74) is 1.26. The molecule has 44 heavy (non-hydrogen) atoms. The van der Waals surface area contributed by atoms with Crippen LogP contribution < -0.4 is 0 Å². The number of rotatable bonds is 7. The Morgan fingerprint density at radius 1 is 1.11 bits per heavy atom. The van der Waals surface area contributed by atoms with Gasteiger partial charge in [0, 0.05) is 62.9 Å². The average Bonchev–Trinajstić information content (AvgIpc) is 3.48. The number of amides is 1. The number of piperazine rings is 1. The second-order valence-electron chi connectivity index (χ2n) is 11.8. The topological polar surface area (TPSA) is 70.9 Å². The number of aromatic nitrogens is 2. The van der Waals surface area contributed by atoms with Crippen LogP contribution in [0.2, 0.25) is 0 Å². The molecule has 3 aliphatic rings. The van der Waals surface area contributed by atoms with Gasteiger partial charge in [-0.05, 0) is 31.4 Å². The van der Waals surface area contributed by atoms with E-state index in [2.05, 4.69) is 14.9 Å². The molecule has 2 unspecified atom stereocenters. The third-order valence-corrected chi connectivity index (χ3v) is 9.11. The zero-order valence-corrected chi connectivity index (χ0v) is 26.1. The summed E-state index contributed by atoms with van der Waals surface area (Å²) in [7, 11) is 0. The number of nitrogens with zero attached hydrogens (tertiary/aromatic N) is 5. The Bertz CT molecular complexity index is 1420. The smallest absolute Gasteiger partial charge is 0.433 e. The summed E-state index contributed by atoms with van der Waals surface area (Å²) < 4.78 is 48.8. The zero-order valence-electron chi connectivity index (χ0n) is 25.3. The van der Waals surface area contributed by atoms with Gasteiger partial charge in [0.25, 0.3) is 0 Å². The van der Waals surface area contributed by atoms with Crippen molar-refractivity contribution in [2.24, 2.45) is 5.92 Å². The fourth-order valence-electron chi connectivity index (χ4n) is 6.42. The molecular formula is C32H39ClF3N5O3.